The molecule has 2 N–H and O–H groups in total. The Labute approximate surface area is 216 Å². The Kier molecular flexibility index (Phi) is 6.73. The predicted octanol–water partition coefficient (Wildman–Crippen LogP) is 4.97. The number of aliphatic hydroxyl groups is 1. The number of rotatable bonds is 9. The number of hydrogen-bond acceptors (Lipinski definition) is 5. The second-order valence-corrected chi connectivity index (χ2v) is 9.21. The number of nitrogens with zero attached hydrogens (tertiary/aromatic N) is 4. The number of nitrogens with one attached hydrogen (secondary N) is 1. The van der Waals surface area contributed by atoms with Gasteiger partial charge in [0, 0.05) is 46.5 Å². The third-order valence-corrected chi connectivity index (χ3v) is 6.50. The van der Waals surface area contributed by atoms with Crippen molar-refractivity contribution in [3.63, 3.8) is 0 Å². The van der Waals surface area contributed by atoms with Crippen LogP contribution in [0.2, 0.25) is 0 Å². The van der Waals surface area contributed by atoms with Crippen molar-refractivity contribution in [1.29, 1.82) is 0 Å². The van der Waals surface area contributed by atoms with E-state index in [4.69, 9.17) is 0 Å². The van der Waals surface area contributed by atoms with Gasteiger partial charge in [-0.05, 0) is 61.0 Å². The topological polar surface area (TPSA) is 87.0 Å². The van der Waals surface area contributed by atoms with E-state index in [1.54, 1.807) is 41.4 Å². The summed E-state index contributed by atoms with van der Waals surface area (Å²) >= 11 is 0. The number of anilines is 1. The Morgan fingerprint density at radius 3 is 2.47 bits per heavy atom. The molecule has 0 saturated carbocycles. The molecule has 1 unspecified atom stereocenters. The van der Waals surface area contributed by atoms with E-state index in [0.717, 1.165) is 23.2 Å². The lowest BCUT2D eigenvalue weighted by Gasteiger charge is -2.36. The highest BCUT2D eigenvalue weighted by molar-refractivity contribution is 5.94. The molecule has 0 amide bonds. The first-order chi connectivity index (χ1) is 18.2. The molecule has 0 radical (unpaired) electrons. The van der Waals surface area contributed by atoms with Crippen LogP contribution in [0.3, 0.4) is 0 Å². The van der Waals surface area contributed by atoms with Crippen molar-refractivity contribution in [1.82, 2.24) is 19.7 Å². The lowest BCUT2D eigenvalue weighted by molar-refractivity contribution is 0.0182. The van der Waals surface area contributed by atoms with Crippen molar-refractivity contribution in [3.8, 4) is 0 Å². The molecule has 0 saturated heterocycles. The second kappa shape index (κ2) is 10.1. The first-order valence-corrected chi connectivity index (χ1v) is 11.8. The van der Waals surface area contributed by atoms with Crippen LogP contribution < -0.4 is 4.90 Å². The third-order valence-electron chi connectivity index (χ3n) is 6.50. The Bertz CT molecular complexity index is 1580. The molecule has 0 aliphatic rings. The summed E-state index contributed by atoms with van der Waals surface area (Å²) in [5.41, 5.74) is 0.589. The maximum atomic E-state index is 15.1. The standard InChI is InChI=1S/C28H24F3N5O2/c1-18(37)19-2-6-23(7-3-19)35(13-20-12-33-27-9-5-21(29)10-24(20)27)14-28(38,15-36-17-32-16-34-36)25-8-4-22(30)11-26(25)31/h2-12,16-17,33,38H,13-15H2,1H3. The molecule has 0 spiro atoms. The molecule has 2 heterocycles. The molecule has 0 bridgehead atoms. The average Bonchev–Trinajstić information content (AvgIpc) is 3.53. The molecule has 7 nitrogen and oxygen atoms in total. The average molecular weight is 520 g/mol. The number of aromatic amines is 1. The Balaban J connectivity index is 1.59. The van der Waals surface area contributed by atoms with Gasteiger partial charge in [0.25, 0.3) is 0 Å². The van der Waals surface area contributed by atoms with Crippen LogP contribution in [0.15, 0.2) is 79.5 Å². The quantitative estimate of drug-likeness (QED) is 0.269. The summed E-state index contributed by atoms with van der Waals surface area (Å²) < 4.78 is 44.2. The van der Waals surface area contributed by atoms with Crippen molar-refractivity contribution < 1.29 is 23.1 Å². The fourth-order valence-electron chi connectivity index (χ4n) is 4.62. The van der Waals surface area contributed by atoms with Gasteiger partial charge in [-0.3, -0.25) is 4.79 Å². The van der Waals surface area contributed by atoms with Crippen molar-refractivity contribution in [2.24, 2.45) is 0 Å². The minimum absolute atomic E-state index is 0.105. The van der Waals surface area contributed by atoms with Crippen LogP contribution >= 0.6 is 0 Å². The summed E-state index contributed by atoms with van der Waals surface area (Å²) in [5, 5.41) is 16.7. The molecule has 0 aliphatic carbocycles. The van der Waals surface area contributed by atoms with Crippen molar-refractivity contribution >= 4 is 22.4 Å². The number of benzene rings is 3. The van der Waals surface area contributed by atoms with Crippen molar-refractivity contribution in [2.45, 2.75) is 25.6 Å². The molecular weight excluding hydrogens is 495 g/mol. The van der Waals surface area contributed by atoms with Gasteiger partial charge in [-0.25, -0.2) is 22.8 Å². The van der Waals surface area contributed by atoms with Crippen molar-refractivity contribution in [3.05, 3.63) is 114 Å². The number of carbonyl (C=O) groups excluding carboxylic acids is 1. The van der Waals surface area contributed by atoms with E-state index in [1.807, 2.05) is 0 Å². The number of H-pyrrole nitrogens is 1. The SMILES string of the molecule is CC(=O)c1ccc(N(Cc2c[nH]c3ccc(F)cc23)CC(O)(Cn2cncn2)c2ccc(F)cc2F)cc1. The van der Waals surface area contributed by atoms with Gasteiger partial charge < -0.3 is 15.0 Å². The molecule has 10 heteroatoms. The Morgan fingerprint density at radius 1 is 1.05 bits per heavy atom. The molecule has 5 rings (SSSR count). The summed E-state index contributed by atoms with van der Waals surface area (Å²) in [4.78, 5) is 20.6. The highest BCUT2D eigenvalue weighted by Gasteiger charge is 2.36. The number of fused-ring (bicyclic) bond motifs is 1. The van der Waals surface area contributed by atoms with Crippen LogP contribution in [0.5, 0.6) is 0 Å². The van der Waals surface area contributed by atoms with Gasteiger partial charge in [-0.2, -0.15) is 5.10 Å². The van der Waals surface area contributed by atoms with Gasteiger partial charge in [0.15, 0.2) is 5.78 Å². The fraction of sp³-hybridized carbons (Fsp3) is 0.179. The van der Waals surface area contributed by atoms with Gasteiger partial charge in [-0.15, -0.1) is 0 Å². The smallest absolute Gasteiger partial charge is 0.159 e. The normalized spacial score (nSPS) is 13.0. The van der Waals surface area contributed by atoms with E-state index in [-0.39, 0.29) is 31.0 Å². The minimum atomic E-state index is -1.89. The highest BCUT2D eigenvalue weighted by Crippen LogP contribution is 2.32. The summed E-state index contributed by atoms with van der Waals surface area (Å²) in [6.07, 6.45) is 4.43. The van der Waals surface area contributed by atoms with Gasteiger partial charge in [0.05, 0.1) is 13.1 Å². The number of Topliss-reactive ketones (excluding diaryl/α,β-unsaturated/α-hetero) is 1. The Morgan fingerprint density at radius 2 is 1.79 bits per heavy atom. The van der Waals surface area contributed by atoms with Crippen LogP contribution in [0, 0.1) is 17.5 Å². The Hall–Kier alpha value is -4.44. The van der Waals surface area contributed by atoms with Crippen LogP contribution in [-0.4, -0.2) is 37.2 Å². The monoisotopic (exact) mass is 519 g/mol. The summed E-state index contributed by atoms with van der Waals surface area (Å²) in [6.45, 7) is 1.32. The number of aromatic nitrogens is 4. The molecule has 1 atom stereocenters. The summed E-state index contributed by atoms with van der Waals surface area (Å²) in [6, 6.07) is 14.2. The van der Waals surface area contributed by atoms with E-state index in [9.17, 15) is 18.7 Å². The van der Waals surface area contributed by atoms with Gasteiger partial charge in [0.2, 0.25) is 0 Å². The van der Waals surface area contributed by atoms with Crippen LogP contribution in [-0.2, 0) is 18.7 Å². The largest absolute Gasteiger partial charge is 0.381 e. The summed E-state index contributed by atoms with van der Waals surface area (Å²) in [7, 11) is 0. The molecule has 38 heavy (non-hydrogen) atoms. The molecule has 3 aromatic carbocycles. The zero-order valence-corrected chi connectivity index (χ0v) is 20.4. The highest BCUT2D eigenvalue weighted by atomic mass is 19.1. The molecule has 5 aromatic rings. The summed E-state index contributed by atoms with van der Waals surface area (Å²) in [5.74, 6) is -2.18. The van der Waals surface area contributed by atoms with Crippen LogP contribution in [0.25, 0.3) is 10.9 Å². The van der Waals surface area contributed by atoms with E-state index < -0.39 is 23.1 Å². The molecule has 194 valence electrons. The van der Waals surface area contributed by atoms with Gasteiger partial charge >= 0.3 is 0 Å². The van der Waals surface area contributed by atoms with Crippen molar-refractivity contribution in [2.75, 3.05) is 11.4 Å². The lowest BCUT2D eigenvalue weighted by Crippen LogP contribution is -2.44. The fourth-order valence-corrected chi connectivity index (χ4v) is 4.62. The first kappa shape index (κ1) is 25.2. The number of hydrogen-bond donors (Lipinski definition) is 2. The van der Waals surface area contributed by atoms with Gasteiger partial charge in [0.1, 0.15) is 35.7 Å². The number of ketones is 1. The maximum Gasteiger partial charge on any atom is 0.159 e. The first-order valence-electron chi connectivity index (χ1n) is 11.8. The molecular formula is C28H24F3N5O2. The predicted molar refractivity (Wildman–Crippen MR) is 136 cm³/mol. The molecule has 2 aromatic heterocycles. The second-order valence-electron chi connectivity index (χ2n) is 9.21. The van der Waals surface area contributed by atoms with E-state index in [1.165, 1.54) is 42.5 Å². The lowest BCUT2D eigenvalue weighted by atomic mass is 9.91. The van der Waals surface area contributed by atoms with Gasteiger partial charge in [-0.1, -0.05) is 6.07 Å². The molecule has 0 fully saturated rings. The van der Waals surface area contributed by atoms with E-state index in [0.29, 0.717) is 16.6 Å². The van der Waals surface area contributed by atoms with E-state index >= 15 is 4.39 Å². The zero-order valence-electron chi connectivity index (χ0n) is 20.4. The van der Waals surface area contributed by atoms with Crippen LogP contribution in [0.1, 0.15) is 28.4 Å². The van der Waals surface area contributed by atoms with Crippen LogP contribution in [0.4, 0.5) is 18.9 Å². The zero-order chi connectivity index (χ0) is 26.9. The third kappa shape index (κ3) is 5.16. The minimum Gasteiger partial charge on any atom is -0.381 e. The van der Waals surface area contributed by atoms with E-state index in [2.05, 4.69) is 15.1 Å². The molecule has 0 aliphatic heterocycles. The number of carbonyl (C=O) groups is 1. The maximum absolute atomic E-state index is 15.1. The number of halogens is 3.